The molecule has 0 atom stereocenters. The van der Waals surface area contributed by atoms with Crippen molar-refractivity contribution in [2.45, 2.75) is 135 Å². The highest BCUT2D eigenvalue weighted by atomic mass is 16.4. The highest BCUT2D eigenvalue weighted by molar-refractivity contribution is 5.66. The first-order chi connectivity index (χ1) is 13.1. The SMILES string of the molecule is O=C(O)CCCCCCCCCCCCCCCCCCCCCC(=O)O. The molecule has 4 heteroatoms. The van der Waals surface area contributed by atoms with Crippen molar-refractivity contribution < 1.29 is 19.8 Å². The van der Waals surface area contributed by atoms with Gasteiger partial charge >= 0.3 is 11.9 Å². The number of rotatable bonds is 22. The van der Waals surface area contributed by atoms with Crippen LogP contribution >= 0.6 is 0 Å². The van der Waals surface area contributed by atoms with Gasteiger partial charge < -0.3 is 10.2 Å². The molecule has 0 aromatic rings. The van der Waals surface area contributed by atoms with E-state index in [-0.39, 0.29) is 0 Å². The van der Waals surface area contributed by atoms with Crippen LogP contribution in [0.2, 0.25) is 0 Å². The second kappa shape index (κ2) is 21.2. The molecule has 0 aromatic heterocycles. The lowest BCUT2D eigenvalue weighted by Crippen LogP contribution is -1.93. The van der Waals surface area contributed by atoms with E-state index < -0.39 is 11.9 Å². The third-order valence-electron chi connectivity index (χ3n) is 5.28. The topological polar surface area (TPSA) is 74.6 Å². The van der Waals surface area contributed by atoms with E-state index in [0.29, 0.717) is 12.8 Å². The zero-order valence-electron chi connectivity index (χ0n) is 17.6. The molecule has 160 valence electrons. The normalized spacial score (nSPS) is 11.0. The Labute approximate surface area is 167 Å². The lowest BCUT2D eigenvalue weighted by atomic mass is 10.0. The highest BCUT2D eigenvalue weighted by Crippen LogP contribution is 2.15. The minimum Gasteiger partial charge on any atom is -0.481 e. The Bertz CT molecular complexity index is 309. The Morgan fingerprint density at radius 3 is 0.630 bits per heavy atom. The Kier molecular flexibility index (Phi) is 20.4. The zero-order valence-corrected chi connectivity index (χ0v) is 17.6. The molecule has 0 unspecified atom stereocenters. The maximum absolute atomic E-state index is 10.4. The molecule has 0 fully saturated rings. The van der Waals surface area contributed by atoms with Crippen molar-refractivity contribution in [3.05, 3.63) is 0 Å². The van der Waals surface area contributed by atoms with Gasteiger partial charge in [-0.15, -0.1) is 0 Å². The maximum Gasteiger partial charge on any atom is 0.303 e. The highest BCUT2D eigenvalue weighted by Gasteiger charge is 1.98. The van der Waals surface area contributed by atoms with Crippen molar-refractivity contribution in [3.8, 4) is 0 Å². The van der Waals surface area contributed by atoms with Crippen LogP contribution in [-0.2, 0) is 9.59 Å². The fourth-order valence-electron chi connectivity index (χ4n) is 3.56. The van der Waals surface area contributed by atoms with Gasteiger partial charge in [0.05, 0.1) is 0 Å². The molecule has 0 bridgehead atoms. The van der Waals surface area contributed by atoms with Crippen molar-refractivity contribution in [3.63, 3.8) is 0 Å². The van der Waals surface area contributed by atoms with Crippen molar-refractivity contribution in [1.29, 1.82) is 0 Å². The summed E-state index contributed by atoms with van der Waals surface area (Å²) in [6.45, 7) is 0. The Balaban J connectivity index is 3.01. The van der Waals surface area contributed by atoms with Gasteiger partial charge in [-0.3, -0.25) is 9.59 Å². The van der Waals surface area contributed by atoms with E-state index in [1.807, 2.05) is 0 Å². The van der Waals surface area contributed by atoms with Crippen molar-refractivity contribution in [1.82, 2.24) is 0 Å². The minimum absolute atomic E-state index is 0.328. The molecule has 2 N–H and O–H groups in total. The molecule has 4 nitrogen and oxygen atoms in total. The second-order valence-electron chi connectivity index (χ2n) is 8.00. The van der Waals surface area contributed by atoms with E-state index in [1.54, 1.807) is 0 Å². The van der Waals surface area contributed by atoms with Crippen LogP contribution in [0, 0.1) is 0 Å². The molecule has 0 aliphatic rings. The van der Waals surface area contributed by atoms with Gasteiger partial charge in [-0.2, -0.15) is 0 Å². The standard InChI is InChI=1S/C23H44O4/c24-22(25)20-18-16-14-12-10-8-6-4-2-1-3-5-7-9-11-13-15-17-19-21-23(26)27/h1-21H2,(H,24,25)(H,26,27). The Morgan fingerprint density at radius 1 is 0.333 bits per heavy atom. The zero-order chi connectivity index (χ0) is 20.0. The third kappa shape index (κ3) is 24.9. The molecule has 0 aromatic carbocycles. The first kappa shape index (κ1) is 25.9. The molecule has 0 amide bonds. The smallest absolute Gasteiger partial charge is 0.303 e. The summed E-state index contributed by atoms with van der Waals surface area (Å²) < 4.78 is 0. The van der Waals surface area contributed by atoms with E-state index in [2.05, 4.69) is 0 Å². The second-order valence-corrected chi connectivity index (χ2v) is 8.00. The van der Waals surface area contributed by atoms with Gasteiger partial charge in [-0.05, 0) is 12.8 Å². The van der Waals surface area contributed by atoms with Crippen LogP contribution in [0.25, 0.3) is 0 Å². The molecular weight excluding hydrogens is 340 g/mol. The predicted molar refractivity (Wildman–Crippen MR) is 112 cm³/mol. The summed E-state index contributed by atoms with van der Waals surface area (Å²) in [7, 11) is 0. The summed E-state index contributed by atoms with van der Waals surface area (Å²) in [4.78, 5) is 20.8. The summed E-state index contributed by atoms with van der Waals surface area (Å²) in [5, 5.41) is 17.1. The molecule has 0 heterocycles. The number of unbranched alkanes of at least 4 members (excludes halogenated alkanes) is 18. The fourth-order valence-corrected chi connectivity index (χ4v) is 3.56. The predicted octanol–water partition coefficient (Wildman–Crippen LogP) is 7.35. The Hall–Kier alpha value is -1.06. The number of hydrogen-bond acceptors (Lipinski definition) is 2. The van der Waals surface area contributed by atoms with Crippen LogP contribution in [0.3, 0.4) is 0 Å². The number of carboxylic acid groups (broad SMARTS) is 2. The van der Waals surface area contributed by atoms with Gasteiger partial charge in [0.2, 0.25) is 0 Å². The van der Waals surface area contributed by atoms with Crippen LogP contribution in [0.15, 0.2) is 0 Å². The molecule has 0 rings (SSSR count). The largest absolute Gasteiger partial charge is 0.481 e. The summed E-state index contributed by atoms with van der Waals surface area (Å²) in [6, 6.07) is 0. The minimum atomic E-state index is -0.667. The molecule has 27 heavy (non-hydrogen) atoms. The molecule has 0 aliphatic heterocycles. The summed E-state index contributed by atoms with van der Waals surface area (Å²) in [5.41, 5.74) is 0. The molecule has 0 radical (unpaired) electrons. The van der Waals surface area contributed by atoms with Crippen LogP contribution in [0.4, 0.5) is 0 Å². The summed E-state index contributed by atoms with van der Waals surface area (Å²) >= 11 is 0. The van der Waals surface area contributed by atoms with E-state index >= 15 is 0 Å². The number of carbonyl (C=O) groups is 2. The first-order valence-corrected chi connectivity index (χ1v) is 11.6. The van der Waals surface area contributed by atoms with Crippen LogP contribution in [0.1, 0.15) is 135 Å². The average Bonchev–Trinajstić information content (AvgIpc) is 2.62. The van der Waals surface area contributed by atoms with E-state index in [0.717, 1.165) is 25.7 Å². The number of carboxylic acids is 2. The van der Waals surface area contributed by atoms with Crippen LogP contribution < -0.4 is 0 Å². The molecule has 0 saturated heterocycles. The van der Waals surface area contributed by atoms with E-state index in [1.165, 1.54) is 96.3 Å². The lowest BCUT2D eigenvalue weighted by Gasteiger charge is -2.04. The van der Waals surface area contributed by atoms with Gasteiger partial charge in [-0.25, -0.2) is 0 Å². The van der Waals surface area contributed by atoms with E-state index in [4.69, 9.17) is 10.2 Å². The quantitative estimate of drug-likeness (QED) is 0.191. The van der Waals surface area contributed by atoms with Gasteiger partial charge in [0.15, 0.2) is 0 Å². The molecule has 0 aliphatic carbocycles. The third-order valence-corrected chi connectivity index (χ3v) is 5.28. The van der Waals surface area contributed by atoms with Gasteiger partial charge in [-0.1, -0.05) is 109 Å². The molecule has 0 spiro atoms. The van der Waals surface area contributed by atoms with Gasteiger partial charge in [0.25, 0.3) is 0 Å². The molecular formula is C23H44O4. The average molecular weight is 385 g/mol. The molecule has 0 saturated carbocycles. The summed E-state index contributed by atoms with van der Waals surface area (Å²) in [6.07, 6.45) is 24.3. The maximum atomic E-state index is 10.4. The summed E-state index contributed by atoms with van der Waals surface area (Å²) in [5.74, 6) is -1.33. The van der Waals surface area contributed by atoms with Gasteiger partial charge in [0, 0.05) is 12.8 Å². The number of aliphatic carboxylic acids is 2. The van der Waals surface area contributed by atoms with Crippen LogP contribution in [0.5, 0.6) is 0 Å². The monoisotopic (exact) mass is 384 g/mol. The first-order valence-electron chi connectivity index (χ1n) is 11.6. The Morgan fingerprint density at radius 2 is 0.481 bits per heavy atom. The van der Waals surface area contributed by atoms with Crippen LogP contribution in [-0.4, -0.2) is 22.2 Å². The van der Waals surface area contributed by atoms with Crippen molar-refractivity contribution in [2.75, 3.05) is 0 Å². The lowest BCUT2D eigenvalue weighted by molar-refractivity contribution is -0.138. The van der Waals surface area contributed by atoms with Gasteiger partial charge in [0.1, 0.15) is 0 Å². The fraction of sp³-hybridized carbons (Fsp3) is 0.913. The van der Waals surface area contributed by atoms with Crippen molar-refractivity contribution in [2.24, 2.45) is 0 Å². The van der Waals surface area contributed by atoms with Crippen molar-refractivity contribution >= 4 is 11.9 Å². The number of hydrogen-bond donors (Lipinski definition) is 2. The van der Waals surface area contributed by atoms with E-state index in [9.17, 15) is 9.59 Å².